The van der Waals surface area contributed by atoms with Crippen molar-refractivity contribution in [1.82, 2.24) is 5.32 Å². The van der Waals surface area contributed by atoms with Gasteiger partial charge >= 0.3 is 6.18 Å². The molecule has 24 heavy (non-hydrogen) atoms. The van der Waals surface area contributed by atoms with E-state index in [1.165, 1.54) is 24.3 Å². The molecule has 1 fully saturated rings. The minimum absolute atomic E-state index is 0.0451. The van der Waals surface area contributed by atoms with Gasteiger partial charge in [0.15, 0.2) is 5.71 Å². The number of alkyl halides is 3. The van der Waals surface area contributed by atoms with E-state index in [2.05, 4.69) is 10.4 Å². The summed E-state index contributed by atoms with van der Waals surface area (Å²) in [5.74, 6) is -1.06. The largest absolute Gasteiger partial charge is 0.431 e. The van der Waals surface area contributed by atoms with Crippen molar-refractivity contribution in [3.05, 3.63) is 29.8 Å². The average Bonchev–Trinajstić information content (AvgIpc) is 3.16. The summed E-state index contributed by atoms with van der Waals surface area (Å²) >= 11 is 0. The summed E-state index contributed by atoms with van der Waals surface area (Å²) in [5.41, 5.74) is -0.604. The highest BCUT2D eigenvalue weighted by atomic mass is 19.4. The molecule has 1 unspecified atom stereocenters. The molecule has 1 N–H and O–H groups in total. The number of carbonyl (C=O) groups excluding carboxylic acids is 2. The third-order valence-electron chi connectivity index (χ3n) is 3.74. The Morgan fingerprint density at radius 1 is 1.29 bits per heavy atom. The molecule has 2 amide bonds. The number of anilines is 1. The number of nitrogens with one attached hydrogen (secondary N) is 1. The Morgan fingerprint density at radius 3 is 2.54 bits per heavy atom. The van der Waals surface area contributed by atoms with Crippen LogP contribution in [-0.2, 0) is 9.53 Å². The van der Waals surface area contributed by atoms with Gasteiger partial charge in [-0.05, 0) is 30.7 Å². The molecular formula is C15H14F3N3O3. The summed E-state index contributed by atoms with van der Waals surface area (Å²) in [6.07, 6.45) is -4.68. The van der Waals surface area contributed by atoms with Crippen molar-refractivity contribution >= 4 is 23.2 Å². The number of ether oxygens (including phenoxy) is 1. The Labute approximate surface area is 135 Å². The van der Waals surface area contributed by atoms with Crippen LogP contribution in [0.1, 0.15) is 23.2 Å². The molecule has 1 saturated heterocycles. The molecule has 0 bridgehead atoms. The van der Waals surface area contributed by atoms with Crippen molar-refractivity contribution < 1.29 is 27.5 Å². The van der Waals surface area contributed by atoms with Gasteiger partial charge < -0.3 is 10.1 Å². The molecule has 2 heterocycles. The minimum atomic E-state index is -4.63. The zero-order chi connectivity index (χ0) is 17.3. The molecule has 2 aliphatic heterocycles. The lowest BCUT2D eigenvalue weighted by Gasteiger charge is -2.13. The minimum Gasteiger partial charge on any atom is -0.379 e. The highest BCUT2D eigenvalue weighted by Crippen LogP contribution is 2.28. The predicted octanol–water partition coefficient (Wildman–Crippen LogP) is 1.86. The third-order valence-corrected chi connectivity index (χ3v) is 3.74. The number of halogens is 3. The molecule has 0 aliphatic carbocycles. The Balaban J connectivity index is 1.71. The molecule has 2 aliphatic rings. The van der Waals surface area contributed by atoms with Crippen LogP contribution >= 0.6 is 0 Å². The first-order chi connectivity index (χ1) is 11.3. The SMILES string of the molecule is O=C(NC1CCOC1)c1ccc(N2N=C(C(F)(F)F)CC2=O)cc1. The number of nitrogens with zero attached hydrogens (tertiary/aromatic N) is 2. The van der Waals surface area contributed by atoms with E-state index in [1.54, 1.807) is 0 Å². The smallest absolute Gasteiger partial charge is 0.379 e. The second-order valence-electron chi connectivity index (χ2n) is 5.51. The highest BCUT2D eigenvalue weighted by Gasteiger charge is 2.42. The van der Waals surface area contributed by atoms with Crippen molar-refractivity contribution in [2.24, 2.45) is 5.10 Å². The average molecular weight is 341 g/mol. The lowest BCUT2D eigenvalue weighted by molar-refractivity contribution is -0.117. The van der Waals surface area contributed by atoms with E-state index in [9.17, 15) is 22.8 Å². The lowest BCUT2D eigenvalue weighted by atomic mass is 10.1. The maximum atomic E-state index is 12.6. The van der Waals surface area contributed by atoms with Gasteiger partial charge in [0.25, 0.3) is 11.8 Å². The number of rotatable bonds is 3. The molecule has 0 spiro atoms. The van der Waals surface area contributed by atoms with Crippen LogP contribution < -0.4 is 10.3 Å². The Kier molecular flexibility index (Phi) is 4.27. The predicted molar refractivity (Wildman–Crippen MR) is 78.7 cm³/mol. The van der Waals surface area contributed by atoms with Crippen LogP contribution in [0.15, 0.2) is 29.4 Å². The molecule has 1 aromatic carbocycles. The summed E-state index contributed by atoms with van der Waals surface area (Å²) < 4.78 is 43.0. The van der Waals surface area contributed by atoms with Gasteiger partial charge in [0.1, 0.15) is 0 Å². The first-order valence-corrected chi connectivity index (χ1v) is 7.31. The van der Waals surface area contributed by atoms with Crippen molar-refractivity contribution in [2.75, 3.05) is 18.2 Å². The number of hydrazone groups is 1. The molecule has 1 atom stereocenters. The molecule has 0 saturated carbocycles. The second kappa shape index (κ2) is 6.23. The van der Waals surface area contributed by atoms with E-state index in [0.717, 1.165) is 6.42 Å². The Hall–Kier alpha value is -2.42. The van der Waals surface area contributed by atoms with Gasteiger partial charge in [0, 0.05) is 12.2 Å². The van der Waals surface area contributed by atoms with E-state index >= 15 is 0 Å². The van der Waals surface area contributed by atoms with Gasteiger partial charge in [-0.25, -0.2) is 5.01 Å². The number of hydrogen-bond donors (Lipinski definition) is 1. The van der Waals surface area contributed by atoms with Crippen LogP contribution in [0.3, 0.4) is 0 Å². The molecule has 0 aromatic heterocycles. The van der Waals surface area contributed by atoms with Gasteiger partial charge in [-0.1, -0.05) is 0 Å². The first-order valence-electron chi connectivity index (χ1n) is 7.31. The standard InChI is InChI=1S/C15H14F3N3O3/c16-15(17,18)12-7-13(22)21(20-12)11-3-1-9(2-4-11)14(23)19-10-5-6-24-8-10/h1-4,10H,5-8H2,(H,19,23). The van der Waals surface area contributed by atoms with Crippen LogP contribution in [-0.4, -0.2) is 43.0 Å². The molecule has 6 nitrogen and oxygen atoms in total. The molecular weight excluding hydrogens is 327 g/mol. The van der Waals surface area contributed by atoms with Crippen LogP contribution in [0.2, 0.25) is 0 Å². The second-order valence-corrected chi connectivity index (χ2v) is 5.51. The maximum Gasteiger partial charge on any atom is 0.431 e. The summed E-state index contributed by atoms with van der Waals surface area (Å²) in [5, 5.41) is 6.83. The summed E-state index contributed by atoms with van der Waals surface area (Å²) in [6.45, 7) is 1.06. The summed E-state index contributed by atoms with van der Waals surface area (Å²) in [4.78, 5) is 23.8. The van der Waals surface area contributed by atoms with Crippen LogP contribution in [0.25, 0.3) is 0 Å². The summed E-state index contributed by atoms with van der Waals surface area (Å²) in [7, 11) is 0. The van der Waals surface area contributed by atoms with E-state index in [1.807, 2.05) is 0 Å². The lowest BCUT2D eigenvalue weighted by Crippen LogP contribution is -2.35. The molecule has 128 valence electrons. The van der Waals surface area contributed by atoms with Gasteiger partial charge in [-0.3, -0.25) is 9.59 Å². The first kappa shape index (κ1) is 16.4. The number of amides is 2. The molecule has 1 aromatic rings. The maximum absolute atomic E-state index is 12.6. The molecule has 9 heteroatoms. The fourth-order valence-corrected chi connectivity index (χ4v) is 2.46. The number of carbonyl (C=O) groups is 2. The fraction of sp³-hybridized carbons (Fsp3) is 0.400. The number of benzene rings is 1. The van der Waals surface area contributed by atoms with Gasteiger partial charge in [-0.2, -0.15) is 18.3 Å². The van der Waals surface area contributed by atoms with Crippen LogP contribution in [0, 0.1) is 0 Å². The van der Waals surface area contributed by atoms with Gasteiger partial charge in [-0.15, -0.1) is 0 Å². The van der Waals surface area contributed by atoms with E-state index in [0.29, 0.717) is 23.8 Å². The molecule has 0 radical (unpaired) electrons. The van der Waals surface area contributed by atoms with E-state index in [4.69, 9.17) is 4.74 Å². The Bertz CT molecular complexity index is 679. The third kappa shape index (κ3) is 3.40. The zero-order valence-corrected chi connectivity index (χ0v) is 12.5. The van der Waals surface area contributed by atoms with E-state index < -0.39 is 24.2 Å². The Morgan fingerprint density at radius 2 is 2.00 bits per heavy atom. The quantitative estimate of drug-likeness (QED) is 0.912. The van der Waals surface area contributed by atoms with Gasteiger partial charge in [0.05, 0.1) is 24.8 Å². The number of hydrogen-bond acceptors (Lipinski definition) is 4. The normalized spacial score (nSPS) is 21.1. The monoisotopic (exact) mass is 341 g/mol. The fourth-order valence-electron chi connectivity index (χ4n) is 2.46. The van der Waals surface area contributed by atoms with Crippen LogP contribution in [0.5, 0.6) is 0 Å². The van der Waals surface area contributed by atoms with Crippen molar-refractivity contribution in [1.29, 1.82) is 0 Å². The topological polar surface area (TPSA) is 71.0 Å². The zero-order valence-electron chi connectivity index (χ0n) is 12.5. The highest BCUT2D eigenvalue weighted by molar-refractivity contribution is 6.14. The summed E-state index contributed by atoms with van der Waals surface area (Å²) in [6, 6.07) is 5.61. The van der Waals surface area contributed by atoms with Crippen molar-refractivity contribution in [2.45, 2.75) is 25.1 Å². The van der Waals surface area contributed by atoms with Crippen molar-refractivity contribution in [3.63, 3.8) is 0 Å². The van der Waals surface area contributed by atoms with Gasteiger partial charge in [0.2, 0.25) is 0 Å². The molecule has 3 rings (SSSR count). The van der Waals surface area contributed by atoms with Crippen molar-refractivity contribution in [3.8, 4) is 0 Å². The van der Waals surface area contributed by atoms with E-state index in [-0.39, 0.29) is 17.6 Å². The van der Waals surface area contributed by atoms with Crippen LogP contribution in [0.4, 0.5) is 18.9 Å².